The van der Waals surface area contributed by atoms with Crippen LogP contribution in [-0.2, 0) is 0 Å². The van der Waals surface area contributed by atoms with Crippen molar-refractivity contribution in [2.45, 2.75) is 82.1 Å². The van der Waals surface area contributed by atoms with Crippen LogP contribution in [0.4, 0.5) is 0 Å². The molecule has 3 nitrogen and oxygen atoms in total. The molecule has 108 valence electrons. The van der Waals surface area contributed by atoms with Crippen molar-refractivity contribution in [2.75, 3.05) is 0 Å². The molecule has 1 aromatic heterocycles. The lowest BCUT2D eigenvalue weighted by molar-refractivity contribution is 0.312. The third kappa shape index (κ3) is 2.43. The topological polar surface area (TPSA) is 30.7 Å². The van der Waals surface area contributed by atoms with Crippen molar-refractivity contribution in [3.63, 3.8) is 0 Å². The highest BCUT2D eigenvalue weighted by Gasteiger charge is 2.32. The standard InChI is InChI=1S/C17H25N3/c1-3-7-14(8-4-1)17-18-16(13-11-12-13)19-20(17)15-9-5-2-6-10-15/h1,3,13-15H,2,4-12H2/t14-/m1/s1. The first kappa shape index (κ1) is 12.6. The smallest absolute Gasteiger partial charge is 0.154 e. The Balaban J connectivity index is 1.65. The van der Waals surface area contributed by atoms with Gasteiger partial charge < -0.3 is 0 Å². The summed E-state index contributed by atoms with van der Waals surface area (Å²) in [4.78, 5) is 4.99. The predicted molar refractivity (Wildman–Crippen MR) is 79.9 cm³/mol. The van der Waals surface area contributed by atoms with Gasteiger partial charge in [0.15, 0.2) is 5.82 Å². The maximum absolute atomic E-state index is 4.99. The first-order chi connectivity index (χ1) is 9.92. The molecule has 1 atom stereocenters. The quantitative estimate of drug-likeness (QED) is 0.759. The van der Waals surface area contributed by atoms with Gasteiger partial charge in [0.2, 0.25) is 0 Å². The van der Waals surface area contributed by atoms with Gasteiger partial charge in [-0.25, -0.2) is 9.67 Å². The predicted octanol–water partition coefficient (Wildman–Crippen LogP) is 4.48. The summed E-state index contributed by atoms with van der Waals surface area (Å²) in [6.45, 7) is 0. The van der Waals surface area contributed by atoms with Crippen molar-refractivity contribution in [2.24, 2.45) is 0 Å². The number of hydrogen-bond donors (Lipinski definition) is 0. The Morgan fingerprint density at radius 2 is 1.75 bits per heavy atom. The van der Waals surface area contributed by atoms with E-state index in [1.54, 1.807) is 0 Å². The molecular formula is C17H25N3. The lowest BCUT2D eigenvalue weighted by atomic mass is 9.92. The van der Waals surface area contributed by atoms with Gasteiger partial charge >= 0.3 is 0 Å². The first-order valence-electron chi connectivity index (χ1n) is 8.53. The first-order valence-corrected chi connectivity index (χ1v) is 8.53. The summed E-state index contributed by atoms with van der Waals surface area (Å²) in [7, 11) is 0. The van der Waals surface area contributed by atoms with E-state index in [-0.39, 0.29) is 0 Å². The fourth-order valence-electron chi connectivity index (χ4n) is 3.77. The highest BCUT2D eigenvalue weighted by Crippen LogP contribution is 2.41. The van der Waals surface area contributed by atoms with Gasteiger partial charge in [-0.3, -0.25) is 0 Å². The Bertz CT molecular complexity index is 492. The number of nitrogens with zero attached hydrogens (tertiary/aromatic N) is 3. The highest BCUT2D eigenvalue weighted by atomic mass is 15.4. The van der Waals surface area contributed by atoms with Gasteiger partial charge in [-0.15, -0.1) is 0 Å². The van der Waals surface area contributed by atoms with Gasteiger partial charge in [0.1, 0.15) is 5.82 Å². The zero-order chi connectivity index (χ0) is 13.4. The third-order valence-electron chi connectivity index (χ3n) is 5.17. The zero-order valence-corrected chi connectivity index (χ0v) is 12.3. The minimum absolute atomic E-state index is 0.613. The molecule has 0 N–H and O–H groups in total. The summed E-state index contributed by atoms with van der Waals surface area (Å²) < 4.78 is 2.36. The number of aromatic nitrogens is 3. The molecule has 2 fully saturated rings. The van der Waals surface area contributed by atoms with Crippen molar-refractivity contribution >= 4 is 0 Å². The van der Waals surface area contributed by atoms with E-state index in [1.807, 2.05) is 0 Å². The van der Waals surface area contributed by atoms with E-state index in [2.05, 4.69) is 16.8 Å². The van der Waals surface area contributed by atoms with Crippen LogP contribution < -0.4 is 0 Å². The van der Waals surface area contributed by atoms with E-state index >= 15 is 0 Å². The minimum Gasteiger partial charge on any atom is -0.246 e. The highest BCUT2D eigenvalue weighted by molar-refractivity contribution is 5.12. The Morgan fingerprint density at radius 1 is 0.900 bits per heavy atom. The minimum atomic E-state index is 0.613. The Labute approximate surface area is 121 Å². The van der Waals surface area contributed by atoms with Crippen molar-refractivity contribution in [3.05, 3.63) is 23.8 Å². The molecule has 20 heavy (non-hydrogen) atoms. The molecule has 3 heteroatoms. The molecule has 3 aliphatic rings. The summed E-state index contributed by atoms with van der Waals surface area (Å²) in [5, 5.41) is 4.95. The Kier molecular flexibility index (Phi) is 3.37. The molecule has 1 heterocycles. The molecule has 0 radical (unpaired) electrons. The summed E-state index contributed by atoms with van der Waals surface area (Å²) in [6, 6.07) is 0.629. The summed E-state index contributed by atoms with van der Waals surface area (Å²) in [6.07, 6.45) is 17.7. The Morgan fingerprint density at radius 3 is 2.45 bits per heavy atom. The van der Waals surface area contributed by atoms with E-state index in [1.165, 1.54) is 63.6 Å². The second kappa shape index (κ2) is 5.34. The largest absolute Gasteiger partial charge is 0.246 e. The van der Waals surface area contributed by atoms with Gasteiger partial charge in [0, 0.05) is 11.8 Å². The molecule has 0 amide bonds. The summed E-state index contributed by atoms with van der Waals surface area (Å²) in [5.74, 6) is 3.75. The van der Waals surface area contributed by atoms with Crippen molar-refractivity contribution in [1.29, 1.82) is 0 Å². The van der Waals surface area contributed by atoms with Gasteiger partial charge in [-0.1, -0.05) is 31.4 Å². The molecule has 1 aromatic rings. The van der Waals surface area contributed by atoms with Crippen LogP contribution in [0.1, 0.15) is 93.7 Å². The van der Waals surface area contributed by atoms with E-state index in [0.717, 1.165) is 12.2 Å². The van der Waals surface area contributed by atoms with Crippen LogP contribution >= 0.6 is 0 Å². The Hall–Kier alpha value is -1.12. The lowest BCUT2D eigenvalue weighted by Crippen LogP contribution is -2.19. The zero-order valence-electron chi connectivity index (χ0n) is 12.3. The van der Waals surface area contributed by atoms with E-state index in [0.29, 0.717) is 17.9 Å². The average Bonchev–Trinajstić information content (AvgIpc) is 3.28. The van der Waals surface area contributed by atoms with Crippen molar-refractivity contribution < 1.29 is 0 Å². The SMILES string of the molecule is C1=CC[C@@H](c2nc(C3CC3)nn2C2CCCCC2)CC1. The summed E-state index contributed by atoms with van der Waals surface area (Å²) >= 11 is 0. The van der Waals surface area contributed by atoms with E-state index < -0.39 is 0 Å². The second-order valence-corrected chi connectivity index (χ2v) is 6.82. The molecule has 0 aromatic carbocycles. The van der Waals surface area contributed by atoms with Gasteiger partial charge in [0.05, 0.1) is 6.04 Å². The molecule has 0 spiro atoms. The van der Waals surface area contributed by atoms with E-state index in [9.17, 15) is 0 Å². The molecule has 3 aliphatic carbocycles. The normalized spacial score (nSPS) is 27.9. The molecule has 4 rings (SSSR count). The maximum atomic E-state index is 4.99. The summed E-state index contributed by atoms with van der Waals surface area (Å²) in [5.41, 5.74) is 0. The van der Waals surface area contributed by atoms with Crippen LogP contribution in [0.15, 0.2) is 12.2 Å². The molecule has 2 saturated carbocycles. The number of allylic oxidation sites excluding steroid dienone is 2. The van der Waals surface area contributed by atoms with Gasteiger partial charge in [0.25, 0.3) is 0 Å². The molecule has 0 unspecified atom stereocenters. The van der Waals surface area contributed by atoms with Crippen LogP contribution in [0.3, 0.4) is 0 Å². The number of hydrogen-bond acceptors (Lipinski definition) is 2. The monoisotopic (exact) mass is 271 g/mol. The second-order valence-electron chi connectivity index (χ2n) is 6.82. The van der Waals surface area contributed by atoms with Crippen LogP contribution in [0, 0.1) is 0 Å². The van der Waals surface area contributed by atoms with Crippen LogP contribution in [-0.4, -0.2) is 14.8 Å². The van der Waals surface area contributed by atoms with Crippen LogP contribution in [0.5, 0.6) is 0 Å². The molecule has 0 bridgehead atoms. The lowest BCUT2D eigenvalue weighted by Gasteiger charge is -2.26. The number of rotatable bonds is 3. The van der Waals surface area contributed by atoms with Crippen molar-refractivity contribution in [3.8, 4) is 0 Å². The molecule has 0 aliphatic heterocycles. The van der Waals surface area contributed by atoms with Gasteiger partial charge in [-0.05, 0) is 44.9 Å². The maximum Gasteiger partial charge on any atom is 0.154 e. The third-order valence-corrected chi connectivity index (χ3v) is 5.17. The fourth-order valence-corrected chi connectivity index (χ4v) is 3.77. The van der Waals surface area contributed by atoms with Crippen molar-refractivity contribution in [1.82, 2.24) is 14.8 Å². The molecular weight excluding hydrogens is 246 g/mol. The van der Waals surface area contributed by atoms with E-state index in [4.69, 9.17) is 10.1 Å². The average molecular weight is 271 g/mol. The fraction of sp³-hybridized carbons (Fsp3) is 0.765. The molecule has 0 saturated heterocycles. The van der Waals surface area contributed by atoms with Crippen LogP contribution in [0.25, 0.3) is 0 Å². The van der Waals surface area contributed by atoms with Gasteiger partial charge in [-0.2, -0.15) is 5.10 Å². The van der Waals surface area contributed by atoms with Crippen LogP contribution in [0.2, 0.25) is 0 Å².